The molecule has 6 heterocycles. The zero-order valence-electron chi connectivity index (χ0n) is 35.5. The minimum absolute atomic E-state index is 0.0508. The molecular weight excluding hydrogens is 789 g/mol. The number of carbonyl (C=O) groups is 3. The summed E-state index contributed by atoms with van der Waals surface area (Å²) in [5, 5.41) is 16.8. The Balaban J connectivity index is 0.000000188. The van der Waals surface area contributed by atoms with Crippen molar-refractivity contribution in [1.29, 1.82) is 0 Å². The molecule has 19 heteroatoms. The molecule has 2 aromatic carbocycles. The zero-order chi connectivity index (χ0) is 43.6. The van der Waals surface area contributed by atoms with Crippen molar-refractivity contribution in [2.24, 2.45) is 0 Å². The molecule has 4 aromatic heterocycles. The molecule has 0 radical (unpaired) electrons. The van der Waals surface area contributed by atoms with Gasteiger partial charge in [-0.2, -0.15) is 19.9 Å². The highest BCUT2D eigenvalue weighted by atomic mass is 16.2. The van der Waals surface area contributed by atoms with Crippen LogP contribution in [0.1, 0.15) is 52.4 Å². The molecule has 8 rings (SSSR count). The van der Waals surface area contributed by atoms with Crippen molar-refractivity contribution in [2.45, 2.75) is 64.5 Å². The molecule has 2 saturated heterocycles. The Morgan fingerprint density at radius 2 is 1.24 bits per heavy atom. The van der Waals surface area contributed by atoms with E-state index < -0.39 is 0 Å². The number of likely N-dealkylation sites (tertiary alicyclic amines) is 1. The number of nitrogens with zero attached hydrogens (tertiary/aromatic N) is 9. The highest BCUT2D eigenvalue weighted by Gasteiger charge is 2.24. The van der Waals surface area contributed by atoms with Gasteiger partial charge < -0.3 is 51.3 Å². The summed E-state index contributed by atoms with van der Waals surface area (Å²) in [6.45, 7) is 10.6. The standard InChI is InChI=1S/C23H28N8O2.C20H26N8O/c1-4-18(32)30(3)17-10-8-15(9-11-17)27-23-28-21-20(24-14-25-21)22(29-23)26-16-7-6-12-31(13-16)19(33)5-2;1-3-16(29)28(2)15-8-6-13(7-9-15)25-20-26-18-17(22-12-23-18)19(27-20)24-14-5-4-10-21-11-14/h5,8-11,14,16H,2,4,6-7,12-13H2,1,3H3,(H3,24,25,26,27,28,29);6-9,12,14,21H,3-5,10-11H2,1-2H3,(H3,22,23,24,25,26,27). The fraction of sp³-hybridized carbons (Fsp3) is 0.372. The average Bonchev–Trinajstić information content (AvgIpc) is 4.00. The van der Waals surface area contributed by atoms with Gasteiger partial charge in [-0.1, -0.05) is 20.4 Å². The lowest BCUT2D eigenvalue weighted by Crippen LogP contribution is -2.44. The Labute approximate surface area is 359 Å². The third-order valence-electron chi connectivity index (χ3n) is 10.8. The Bertz CT molecular complexity index is 2480. The molecule has 6 aromatic rings. The van der Waals surface area contributed by atoms with Crippen molar-refractivity contribution in [1.82, 2.24) is 50.1 Å². The normalized spacial score (nSPS) is 16.2. The number of H-pyrrole nitrogens is 2. The van der Waals surface area contributed by atoms with Crippen molar-refractivity contribution in [3.8, 4) is 0 Å². The van der Waals surface area contributed by atoms with Crippen LogP contribution in [-0.4, -0.2) is 115 Å². The largest absolute Gasteiger partial charge is 0.364 e. The summed E-state index contributed by atoms with van der Waals surface area (Å²) in [6, 6.07) is 15.5. The molecular formula is C43H54N16O3. The summed E-state index contributed by atoms with van der Waals surface area (Å²) >= 11 is 0. The van der Waals surface area contributed by atoms with E-state index in [2.05, 4.69) is 73.0 Å². The van der Waals surface area contributed by atoms with Gasteiger partial charge in [0, 0.05) is 81.4 Å². The molecule has 2 fully saturated rings. The maximum absolute atomic E-state index is 12.0. The first-order valence-electron chi connectivity index (χ1n) is 21.0. The van der Waals surface area contributed by atoms with Gasteiger partial charge in [0.2, 0.25) is 29.6 Å². The molecule has 3 amide bonds. The van der Waals surface area contributed by atoms with Crippen LogP contribution in [0.3, 0.4) is 0 Å². The molecule has 0 bridgehead atoms. The van der Waals surface area contributed by atoms with Crippen LogP contribution in [0.2, 0.25) is 0 Å². The summed E-state index contributed by atoms with van der Waals surface area (Å²) in [5.41, 5.74) is 5.95. The number of aromatic nitrogens is 8. The van der Waals surface area contributed by atoms with E-state index in [0.717, 1.165) is 79.4 Å². The van der Waals surface area contributed by atoms with Gasteiger partial charge in [0.15, 0.2) is 22.9 Å². The van der Waals surface area contributed by atoms with E-state index in [1.807, 2.05) is 62.4 Å². The predicted molar refractivity (Wildman–Crippen MR) is 243 cm³/mol. The molecule has 62 heavy (non-hydrogen) atoms. The third-order valence-corrected chi connectivity index (χ3v) is 10.8. The number of aromatic amines is 2. The molecule has 2 atom stereocenters. The van der Waals surface area contributed by atoms with Crippen molar-refractivity contribution in [3.63, 3.8) is 0 Å². The van der Waals surface area contributed by atoms with Crippen molar-refractivity contribution in [2.75, 3.05) is 71.3 Å². The highest BCUT2D eigenvalue weighted by Crippen LogP contribution is 2.27. The first-order valence-corrected chi connectivity index (χ1v) is 21.0. The maximum Gasteiger partial charge on any atom is 0.246 e. The number of imidazole rings is 2. The second kappa shape index (κ2) is 19.9. The van der Waals surface area contributed by atoms with Gasteiger partial charge in [-0.3, -0.25) is 14.4 Å². The third kappa shape index (κ3) is 10.4. The second-order valence-electron chi connectivity index (χ2n) is 15.1. The minimum Gasteiger partial charge on any atom is -0.364 e. The monoisotopic (exact) mass is 842 g/mol. The number of hydrogen-bond acceptors (Lipinski definition) is 14. The van der Waals surface area contributed by atoms with E-state index in [-0.39, 0.29) is 23.8 Å². The lowest BCUT2D eigenvalue weighted by Gasteiger charge is -2.32. The molecule has 0 aliphatic carbocycles. The molecule has 19 nitrogen and oxygen atoms in total. The first-order chi connectivity index (χ1) is 30.1. The Hall–Kier alpha value is -7.15. The number of carbonyl (C=O) groups excluding carboxylic acids is 3. The molecule has 0 spiro atoms. The SMILES string of the molecule is C=CC(=O)N1CCCC(Nc2nc(Nc3ccc(N(C)C(=O)CC)cc3)nc3nc[nH]c23)C1.CCC(=O)N(C)c1ccc(Nc2nc(NC3CCCNC3)c3[nH]cnc3n2)cc1. The minimum atomic E-state index is -0.0621. The highest BCUT2D eigenvalue weighted by molar-refractivity contribution is 5.93. The van der Waals surface area contributed by atoms with Crippen LogP contribution in [0.5, 0.6) is 0 Å². The zero-order valence-corrected chi connectivity index (χ0v) is 35.5. The van der Waals surface area contributed by atoms with Gasteiger partial charge in [0.1, 0.15) is 11.0 Å². The van der Waals surface area contributed by atoms with Crippen LogP contribution in [0, 0.1) is 0 Å². The van der Waals surface area contributed by atoms with E-state index >= 15 is 0 Å². The number of rotatable bonds is 13. The summed E-state index contributed by atoms with van der Waals surface area (Å²) < 4.78 is 0. The number of nitrogens with one attached hydrogen (secondary N) is 7. The van der Waals surface area contributed by atoms with Crippen LogP contribution in [-0.2, 0) is 14.4 Å². The Morgan fingerprint density at radius 1 is 0.742 bits per heavy atom. The van der Waals surface area contributed by atoms with E-state index in [4.69, 9.17) is 0 Å². The summed E-state index contributed by atoms with van der Waals surface area (Å²) in [7, 11) is 3.54. The van der Waals surface area contributed by atoms with Crippen LogP contribution in [0.15, 0.2) is 73.8 Å². The molecule has 2 aliphatic rings. The van der Waals surface area contributed by atoms with Crippen molar-refractivity contribution < 1.29 is 14.4 Å². The fourth-order valence-electron chi connectivity index (χ4n) is 7.33. The Morgan fingerprint density at radius 3 is 1.71 bits per heavy atom. The average molecular weight is 843 g/mol. The van der Waals surface area contributed by atoms with Gasteiger partial charge in [-0.15, -0.1) is 0 Å². The number of fused-ring (bicyclic) bond motifs is 2. The van der Waals surface area contributed by atoms with Crippen molar-refractivity contribution in [3.05, 3.63) is 73.8 Å². The van der Waals surface area contributed by atoms with Gasteiger partial charge in [0.05, 0.1) is 12.7 Å². The number of hydrogen-bond donors (Lipinski definition) is 7. The quantitative estimate of drug-likeness (QED) is 0.0693. The lowest BCUT2D eigenvalue weighted by atomic mass is 10.1. The summed E-state index contributed by atoms with van der Waals surface area (Å²) in [6.07, 6.45) is 9.55. The van der Waals surface area contributed by atoms with Crippen LogP contribution >= 0.6 is 0 Å². The topological polar surface area (TPSA) is 230 Å². The van der Waals surface area contributed by atoms with E-state index in [9.17, 15) is 14.4 Å². The Kier molecular flexibility index (Phi) is 13.8. The molecule has 324 valence electrons. The van der Waals surface area contributed by atoms with Crippen LogP contribution in [0.25, 0.3) is 22.3 Å². The number of anilines is 8. The van der Waals surface area contributed by atoms with Crippen LogP contribution < -0.4 is 36.4 Å². The van der Waals surface area contributed by atoms with Gasteiger partial charge in [-0.05, 0) is 86.8 Å². The fourth-order valence-corrected chi connectivity index (χ4v) is 7.33. The number of benzene rings is 2. The van der Waals surface area contributed by atoms with Gasteiger partial charge in [-0.25, -0.2) is 9.97 Å². The van der Waals surface area contributed by atoms with Crippen molar-refractivity contribution >= 4 is 86.3 Å². The molecule has 2 aliphatic heterocycles. The second-order valence-corrected chi connectivity index (χ2v) is 15.1. The molecule has 7 N–H and O–H groups in total. The first kappa shape index (κ1) is 43.0. The molecule has 2 unspecified atom stereocenters. The van der Waals surface area contributed by atoms with E-state index in [0.29, 0.717) is 60.0 Å². The van der Waals surface area contributed by atoms with Gasteiger partial charge in [0.25, 0.3) is 0 Å². The number of amides is 3. The van der Waals surface area contributed by atoms with E-state index in [1.165, 1.54) is 6.08 Å². The maximum atomic E-state index is 12.0. The molecule has 0 saturated carbocycles. The summed E-state index contributed by atoms with van der Waals surface area (Å²) in [5.74, 6) is 2.31. The van der Waals surface area contributed by atoms with E-state index in [1.54, 1.807) is 41.4 Å². The lowest BCUT2D eigenvalue weighted by molar-refractivity contribution is -0.127. The summed E-state index contributed by atoms with van der Waals surface area (Å²) in [4.78, 5) is 74.0. The number of piperidine rings is 2. The smallest absolute Gasteiger partial charge is 0.246 e. The van der Waals surface area contributed by atoms with Crippen LogP contribution in [0.4, 0.5) is 46.3 Å². The predicted octanol–water partition coefficient (Wildman–Crippen LogP) is 5.69. The van der Waals surface area contributed by atoms with Gasteiger partial charge >= 0.3 is 0 Å².